The molecule has 0 aliphatic rings. The van der Waals surface area contributed by atoms with Crippen molar-refractivity contribution in [2.75, 3.05) is 11.9 Å². The number of rotatable bonds is 6. The Balaban J connectivity index is 1.71. The van der Waals surface area contributed by atoms with E-state index in [1.54, 1.807) is 35.8 Å². The molecule has 134 valence electrons. The van der Waals surface area contributed by atoms with Crippen molar-refractivity contribution in [3.8, 4) is 0 Å². The van der Waals surface area contributed by atoms with E-state index in [1.807, 2.05) is 24.3 Å². The zero-order valence-corrected chi connectivity index (χ0v) is 15.0. The first-order chi connectivity index (χ1) is 12.6. The molecule has 0 aliphatic heterocycles. The van der Waals surface area contributed by atoms with E-state index in [0.29, 0.717) is 28.2 Å². The molecule has 0 saturated carbocycles. The van der Waals surface area contributed by atoms with Crippen LogP contribution in [0, 0.1) is 4.84 Å². The van der Waals surface area contributed by atoms with Crippen molar-refractivity contribution in [1.82, 2.24) is 4.57 Å². The molecule has 0 bridgehead atoms. The molecule has 7 heteroatoms. The highest BCUT2D eigenvalue weighted by Gasteiger charge is 2.14. The standard InChI is InChI=1S/C19H18N2O4S/c1-2-24-18(23)13-7-3-4-8-14(13)20-17(22)11-12-21-15-9-5-6-10-16(15)25-19(21)26/h3-10H,2,11-12H2,1H3,(H,20,22). The van der Waals surface area contributed by atoms with Crippen molar-refractivity contribution in [1.29, 1.82) is 0 Å². The topological polar surface area (TPSA) is 73.5 Å². The van der Waals surface area contributed by atoms with Crippen molar-refractivity contribution in [3.63, 3.8) is 0 Å². The van der Waals surface area contributed by atoms with Gasteiger partial charge in [0.1, 0.15) is 0 Å². The van der Waals surface area contributed by atoms with Gasteiger partial charge in [-0.15, -0.1) is 0 Å². The molecule has 1 heterocycles. The van der Waals surface area contributed by atoms with Crippen LogP contribution in [0.4, 0.5) is 5.69 Å². The first-order valence-electron chi connectivity index (χ1n) is 8.24. The molecule has 1 N–H and O–H groups in total. The summed E-state index contributed by atoms with van der Waals surface area (Å²) in [6.45, 7) is 2.38. The Morgan fingerprint density at radius 2 is 1.88 bits per heavy atom. The highest BCUT2D eigenvalue weighted by Crippen LogP contribution is 2.19. The van der Waals surface area contributed by atoms with Crippen molar-refractivity contribution in [2.45, 2.75) is 19.9 Å². The molecule has 1 amide bonds. The maximum absolute atomic E-state index is 12.3. The van der Waals surface area contributed by atoms with Crippen LogP contribution in [0.15, 0.2) is 52.9 Å². The number of hydrogen-bond acceptors (Lipinski definition) is 5. The second kappa shape index (κ2) is 7.97. The lowest BCUT2D eigenvalue weighted by Crippen LogP contribution is -2.17. The summed E-state index contributed by atoms with van der Waals surface area (Å²) in [4.78, 5) is 24.7. The smallest absolute Gasteiger partial charge is 0.340 e. The van der Waals surface area contributed by atoms with Gasteiger partial charge in [0, 0.05) is 13.0 Å². The molecule has 26 heavy (non-hydrogen) atoms. The molecule has 1 aromatic heterocycles. The predicted octanol–water partition coefficient (Wildman–Crippen LogP) is 4.17. The van der Waals surface area contributed by atoms with E-state index in [-0.39, 0.29) is 18.9 Å². The molecular formula is C19H18N2O4S. The fourth-order valence-corrected chi connectivity index (χ4v) is 2.91. The summed E-state index contributed by atoms with van der Waals surface area (Å²) in [6.07, 6.45) is 0.189. The van der Waals surface area contributed by atoms with Gasteiger partial charge in [0.2, 0.25) is 5.91 Å². The number of carbonyl (C=O) groups excluding carboxylic acids is 2. The van der Waals surface area contributed by atoms with Gasteiger partial charge >= 0.3 is 5.97 Å². The number of para-hydroxylation sites is 3. The minimum atomic E-state index is -0.466. The van der Waals surface area contributed by atoms with E-state index < -0.39 is 5.97 Å². The summed E-state index contributed by atoms with van der Waals surface area (Å²) in [5, 5.41) is 2.76. The zero-order valence-electron chi connectivity index (χ0n) is 14.2. The van der Waals surface area contributed by atoms with Crippen LogP contribution >= 0.6 is 12.2 Å². The lowest BCUT2D eigenvalue weighted by molar-refractivity contribution is -0.116. The minimum Gasteiger partial charge on any atom is -0.462 e. The largest absolute Gasteiger partial charge is 0.462 e. The SMILES string of the molecule is CCOC(=O)c1ccccc1NC(=O)CCn1c(=S)oc2ccccc21. The predicted molar refractivity (Wildman–Crippen MR) is 101 cm³/mol. The van der Waals surface area contributed by atoms with Crippen LogP contribution in [0.25, 0.3) is 11.1 Å². The number of aromatic nitrogens is 1. The summed E-state index contributed by atoms with van der Waals surface area (Å²) in [6, 6.07) is 14.2. The molecule has 0 aliphatic carbocycles. The first-order valence-corrected chi connectivity index (χ1v) is 8.65. The molecule has 0 atom stereocenters. The van der Waals surface area contributed by atoms with Crippen LogP contribution in [0.3, 0.4) is 0 Å². The summed E-state index contributed by atoms with van der Waals surface area (Å²) in [5.41, 5.74) is 2.28. The Labute approximate surface area is 155 Å². The highest BCUT2D eigenvalue weighted by atomic mass is 32.1. The third kappa shape index (κ3) is 3.83. The van der Waals surface area contributed by atoms with Crippen molar-refractivity contribution in [3.05, 3.63) is 58.9 Å². The monoisotopic (exact) mass is 370 g/mol. The van der Waals surface area contributed by atoms with Crippen LogP contribution in [0.1, 0.15) is 23.7 Å². The first kappa shape index (κ1) is 17.9. The Kier molecular flexibility index (Phi) is 5.48. The van der Waals surface area contributed by atoms with Gasteiger partial charge in [0.25, 0.3) is 4.84 Å². The molecule has 0 radical (unpaired) electrons. The number of nitrogens with zero attached hydrogens (tertiary/aromatic N) is 1. The number of ether oxygens (including phenoxy) is 1. The minimum absolute atomic E-state index is 0.189. The Hall–Kier alpha value is -2.93. The van der Waals surface area contributed by atoms with E-state index in [0.717, 1.165) is 5.52 Å². The Morgan fingerprint density at radius 1 is 1.15 bits per heavy atom. The number of amides is 1. The molecule has 0 saturated heterocycles. The van der Waals surface area contributed by atoms with Gasteiger partial charge in [0.15, 0.2) is 5.58 Å². The van der Waals surface area contributed by atoms with Crippen molar-refractivity contribution >= 4 is 40.9 Å². The van der Waals surface area contributed by atoms with Crippen molar-refractivity contribution in [2.24, 2.45) is 0 Å². The molecule has 0 unspecified atom stereocenters. The van der Waals surface area contributed by atoms with Gasteiger partial charge in [-0.1, -0.05) is 24.3 Å². The number of anilines is 1. The summed E-state index contributed by atoms with van der Waals surface area (Å²) >= 11 is 5.22. The Morgan fingerprint density at radius 3 is 2.69 bits per heavy atom. The van der Waals surface area contributed by atoms with Gasteiger partial charge in [-0.25, -0.2) is 4.79 Å². The van der Waals surface area contributed by atoms with Crippen molar-refractivity contribution < 1.29 is 18.7 Å². The van der Waals surface area contributed by atoms with Gasteiger partial charge in [-0.3, -0.25) is 9.36 Å². The Bertz CT molecular complexity index is 1010. The normalized spacial score (nSPS) is 10.7. The molecule has 3 aromatic rings. The lowest BCUT2D eigenvalue weighted by Gasteiger charge is -2.10. The van der Waals surface area contributed by atoms with Gasteiger partial charge in [0.05, 0.1) is 23.4 Å². The maximum Gasteiger partial charge on any atom is 0.340 e. The van der Waals surface area contributed by atoms with E-state index >= 15 is 0 Å². The average Bonchev–Trinajstić information content (AvgIpc) is 2.95. The van der Waals surface area contributed by atoms with Gasteiger partial charge < -0.3 is 14.5 Å². The highest BCUT2D eigenvalue weighted by molar-refractivity contribution is 7.71. The van der Waals surface area contributed by atoms with Crippen LogP contribution in [0.5, 0.6) is 0 Å². The molecule has 3 rings (SSSR count). The van der Waals surface area contributed by atoms with E-state index in [2.05, 4.69) is 5.32 Å². The number of esters is 1. The molecule has 0 spiro atoms. The second-order valence-corrected chi connectivity index (χ2v) is 5.90. The zero-order chi connectivity index (χ0) is 18.5. The third-order valence-electron chi connectivity index (χ3n) is 3.83. The fraction of sp³-hybridized carbons (Fsp3) is 0.211. The molecule has 0 fully saturated rings. The summed E-state index contributed by atoms with van der Waals surface area (Å²) in [7, 11) is 0. The van der Waals surface area contributed by atoms with Gasteiger partial charge in [-0.2, -0.15) is 0 Å². The quantitative estimate of drug-likeness (QED) is 0.521. The maximum atomic E-state index is 12.3. The third-order valence-corrected chi connectivity index (χ3v) is 4.14. The summed E-state index contributed by atoms with van der Waals surface area (Å²) in [5.74, 6) is -0.694. The number of nitrogens with one attached hydrogen (secondary N) is 1. The summed E-state index contributed by atoms with van der Waals surface area (Å²) < 4.78 is 12.3. The number of hydrogen-bond donors (Lipinski definition) is 1. The number of carbonyl (C=O) groups is 2. The molecular weight excluding hydrogens is 352 g/mol. The van der Waals surface area contributed by atoms with Crippen LogP contribution in [-0.4, -0.2) is 23.1 Å². The van der Waals surface area contributed by atoms with Crippen LogP contribution in [0.2, 0.25) is 0 Å². The van der Waals surface area contributed by atoms with Crippen LogP contribution < -0.4 is 5.32 Å². The average molecular weight is 370 g/mol. The van der Waals surface area contributed by atoms with Crippen LogP contribution in [-0.2, 0) is 16.1 Å². The molecule has 2 aromatic carbocycles. The number of benzene rings is 2. The number of oxazole rings is 1. The van der Waals surface area contributed by atoms with E-state index in [9.17, 15) is 9.59 Å². The van der Waals surface area contributed by atoms with Gasteiger partial charge in [-0.05, 0) is 43.4 Å². The second-order valence-electron chi connectivity index (χ2n) is 5.55. The van der Waals surface area contributed by atoms with E-state index in [4.69, 9.17) is 21.4 Å². The lowest BCUT2D eigenvalue weighted by atomic mass is 10.1. The fourth-order valence-electron chi connectivity index (χ4n) is 2.63. The molecule has 6 nitrogen and oxygen atoms in total. The number of aryl methyl sites for hydroxylation is 1. The number of fused-ring (bicyclic) bond motifs is 1. The van der Waals surface area contributed by atoms with E-state index in [1.165, 1.54) is 0 Å².